The fourth-order valence-corrected chi connectivity index (χ4v) is 2.13. The van der Waals surface area contributed by atoms with Crippen molar-refractivity contribution in [3.63, 3.8) is 0 Å². The quantitative estimate of drug-likeness (QED) is 0.465. The molecule has 0 aliphatic carbocycles. The molecule has 0 saturated heterocycles. The van der Waals surface area contributed by atoms with Crippen molar-refractivity contribution in [2.24, 2.45) is 5.73 Å². The average molecular weight is 361 g/mol. The summed E-state index contributed by atoms with van der Waals surface area (Å²) in [4.78, 5) is 10.9. The van der Waals surface area contributed by atoms with Gasteiger partial charge in [0.1, 0.15) is 11.6 Å². The minimum absolute atomic E-state index is 0.00445. The van der Waals surface area contributed by atoms with E-state index in [0.717, 1.165) is 0 Å². The van der Waals surface area contributed by atoms with Gasteiger partial charge < -0.3 is 14.6 Å². The van der Waals surface area contributed by atoms with Gasteiger partial charge in [-0.1, -0.05) is 17.3 Å². The largest absolute Gasteiger partial charge is 0.490 e. The van der Waals surface area contributed by atoms with Gasteiger partial charge in [0.15, 0.2) is 6.23 Å². The van der Waals surface area contributed by atoms with Crippen molar-refractivity contribution in [1.82, 2.24) is 10.5 Å². The fourth-order valence-electron chi connectivity index (χ4n) is 2.13. The maximum Gasteiger partial charge on any atom is 0.490 e. The predicted molar refractivity (Wildman–Crippen MR) is 78.6 cm³/mol. The highest BCUT2D eigenvalue weighted by Gasteiger charge is 2.42. The van der Waals surface area contributed by atoms with E-state index >= 15 is 0 Å². The van der Waals surface area contributed by atoms with E-state index in [-0.39, 0.29) is 6.42 Å². The van der Waals surface area contributed by atoms with Crippen LogP contribution in [0.25, 0.3) is 11.1 Å². The minimum atomic E-state index is -5.14. The van der Waals surface area contributed by atoms with E-state index in [1.54, 1.807) is 0 Å². The number of hydrogen-bond donors (Lipinski definition) is 2. The topological polar surface area (TPSA) is 90.4 Å². The Labute approximate surface area is 139 Å². The van der Waals surface area contributed by atoms with Crippen LogP contribution in [0.4, 0.5) is 17.6 Å². The third kappa shape index (κ3) is 4.77. The van der Waals surface area contributed by atoms with E-state index in [4.69, 9.17) is 10.3 Å². The molecule has 6 nitrogen and oxygen atoms in total. The molecule has 0 fully saturated rings. The van der Waals surface area contributed by atoms with Crippen LogP contribution in [0.3, 0.4) is 0 Å². The van der Waals surface area contributed by atoms with Crippen molar-refractivity contribution in [1.29, 1.82) is 0 Å². The van der Waals surface area contributed by atoms with Crippen LogP contribution in [0.5, 0.6) is 0 Å². The van der Waals surface area contributed by atoms with Crippen molar-refractivity contribution in [3.8, 4) is 11.1 Å². The first-order chi connectivity index (χ1) is 11.7. The first-order valence-electron chi connectivity index (χ1n) is 7.12. The van der Waals surface area contributed by atoms with Gasteiger partial charge in [-0.15, -0.1) is 0 Å². The molecule has 25 heavy (non-hydrogen) atoms. The predicted octanol–water partition coefficient (Wildman–Crippen LogP) is 2.00. The zero-order valence-electron chi connectivity index (χ0n) is 13.0. The van der Waals surface area contributed by atoms with E-state index in [1.165, 1.54) is 37.5 Å². The molecule has 1 aromatic carbocycles. The molecule has 0 amide bonds. The van der Waals surface area contributed by atoms with Gasteiger partial charge in [0, 0.05) is 12.0 Å². The molecular formula is C15H15F4N3O3. The van der Waals surface area contributed by atoms with Gasteiger partial charge in [0.05, 0.1) is 12.2 Å². The van der Waals surface area contributed by atoms with Crippen molar-refractivity contribution in [2.75, 3.05) is 7.05 Å². The van der Waals surface area contributed by atoms with Crippen LogP contribution in [-0.4, -0.2) is 36.6 Å². The molecule has 0 saturated carbocycles. The molecule has 2 aromatic rings. The number of hydrogen-bond acceptors (Lipinski definition) is 6. The number of carbonyl (C=O) groups excluding carboxylic acids is 1. The van der Waals surface area contributed by atoms with Crippen molar-refractivity contribution >= 4 is 5.97 Å². The molecule has 0 aliphatic rings. The Kier molecular flexibility index (Phi) is 5.75. The van der Waals surface area contributed by atoms with Gasteiger partial charge in [-0.2, -0.15) is 13.2 Å². The summed E-state index contributed by atoms with van der Waals surface area (Å²) in [5, 5.41) is 6.31. The number of halogens is 4. The number of nitrogens with one attached hydrogen (secondary N) is 1. The van der Waals surface area contributed by atoms with Gasteiger partial charge in [0.2, 0.25) is 0 Å². The smallest absolute Gasteiger partial charge is 0.438 e. The summed E-state index contributed by atoms with van der Waals surface area (Å²) in [5.74, 6) is -2.50. The average Bonchev–Trinajstić information content (AvgIpc) is 3.00. The van der Waals surface area contributed by atoms with Crippen molar-refractivity contribution < 1.29 is 31.6 Å². The van der Waals surface area contributed by atoms with E-state index in [0.29, 0.717) is 16.9 Å². The number of ether oxygens (including phenoxy) is 1. The van der Waals surface area contributed by atoms with E-state index in [1.807, 2.05) is 0 Å². The molecule has 0 aliphatic heterocycles. The summed E-state index contributed by atoms with van der Waals surface area (Å²) >= 11 is 0. The number of benzene rings is 1. The van der Waals surface area contributed by atoms with E-state index in [2.05, 4.69) is 15.2 Å². The third-order valence-electron chi connectivity index (χ3n) is 3.45. The van der Waals surface area contributed by atoms with Gasteiger partial charge in [-0.25, -0.2) is 9.18 Å². The highest BCUT2D eigenvalue weighted by molar-refractivity contribution is 5.75. The highest BCUT2D eigenvalue weighted by atomic mass is 19.4. The van der Waals surface area contributed by atoms with Crippen molar-refractivity contribution in [3.05, 3.63) is 42.0 Å². The Hall–Kier alpha value is -2.46. The monoisotopic (exact) mass is 361 g/mol. The second-order valence-corrected chi connectivity index (χ2v) is 5.14. The van der Waals surface area contributed by atoms with Crippen LogP contribution in [0.2, 0.25) is 0 Å². The Morgan fingerprint density at radius 2 is 2.00 bits per heavy atom. The standard InChI is InChI=1S/C15H15F4N3O3/c1-21-11(13(20)24-14(23)15(17,18)19)6-12-10(7-22-25-12)8-2-4-9(16)5-3-8/h2-5,7,11,13,21H,6,20H2,1H3. The van der Waals surface area contributed by atoms with Gasteiger partial charge in [0.25, 0.3) is 0 Å². The molecule has 10 heteroatoms. The lowest BCUT2D eigenvalue weighted by Crippen LogP contribution is -2.49. The lowest BCUT2D eigenvalue weighted by atomic mass is 10.0. The Morgan fingerprint density at radius 1 is 1.36 bits per heavy atom. The molecule has 2 unspecified atom stereocenters. The number of carbonyl (C=O) groups is 1. The Bertz CT molecular complexity index is 716. The zero-order chi connectivity index (χ0) is 18.6. The number of likely N-dealkylation sites (N-methyl/N-ethyl adjacent to an activating group) is 1. The van der Waals surface area contributed by atoms with Crippen LogP contribution in [0, 0.1) is 5.82 Å². The first kappa shape index (κ1) is 18.9. The Morgan fingerprint density at radius 3 is 2.56 bits per heavy atom. The molecule has 0 radical (unpaired) electrons. The van der Waals surface area contributed by atoms with Crippen LogP contribution >= 0.6 is 0 Å². The summed E-state index contributed by atoms with van der Waals surface area (Å²) < 4.78 is 59.1. The highest BCUT2D eigenvalue weighted by Crippen LogP contribution is 2.25. The van der Waals surface area contributed by atoms with Crippen LogP contribution < -0.4 is 11.1 Å². The zero-order valence-corrected chi connectivity index (χ0v) is 13.0. The Balaban J connectivity index is 2.13. The number of nitrogens with zero attached hydrogens (tertiary/aromatic N) is 1. The van der Waals surface area contributed by atoms with Gasteiger partial charge in [-0.05, 0) is 24.7 Å². The molecule has 1 aromatic heterocycles. The number of aromatic nitrogens is 1. The molecule has 2 atom stereocenters. The second kappa shape index (κ2) is 7.62. The molecular weight excluding hydrogens is 346 g/mol. The first-order valence-corrected chi connectivity index (χ1v) is 7.12. The summed E-state index contributed by atoms with van der Waals surface area (Å²) in [6, 6.07) is 4.64. The fraction of sp³-hybridized carbons (Fsp3) is 0.333. The van der Waals surface area contributed by atoms with Gasteiger partial charge >= 0.3 is 12.1 Å². The van der Waals surface area contributed by atoms with E-state index in [9.17, 15) is 22.4 Å². The number of nitrogens with two attached hydrogens (primary N) is 1. The molecule has 0 bridgehead atoms. The lowest BCUT2D eigenvalue weighted by Gasteiger charge is -2.23. The minimum Gasteiger partial charge on any atom is -0.438 e. The van der Waals surface area contributed by atoms with E-state index < -0.39 is 30.2 Å². The number of rotatable bonds is 6. The third-order valence-corrected chi connectivity index (χ3v) is 3.45. The van der Waals surface area contributed by atoms with Crippen LogP contribution in [0.15, 0.2) is 35.0 Å². The summed E-state index contributed by atoms with van der Waals surface area (Å²) in [6.45, 7) is 0. The van der Waals surface area contributed by atoms with Gasteiger partial charge in [-0.3, -0.25) is 5.73 Å². The number of alkyl halides is 3. The van der Waals surface area contributed by atoms with Crippen LogP contribution in [-0.2, 0) is 16.0 Å². The SMILES string of the molecule is CNC(Cc1oncc1-c1ccc(F)cc1)C(N)OC(=O)C(F)(F)F. The maximum atomic E-state index is 13.0. The van der Waals surface area contributed by atoms with Crippen LogP contribution in [0.1, 0.15) is 5.76 Å². The molecule has 0 spiro atoms. The number of esters is 1. The molecule has 2 rings (SSSR count). The molecule has 1 heterocycles. The molecule has 136 valence electrons. The normalized spacial score (nSPS) is 14.2. The maximum absolute atomic E-state index is 13.0. The second-order valence-electron chi connectivity index (χ2n) is 5.14. The van der Waals surface area contributed by atoms with Crippen molar-refractivity contribution in [2.45, 2.75) is 24.9 Å². The summed E-state index contributed by atoms with van der Waals surface area (Å²) in [5.41, 5.74) is 6.66. The lowest BCUT2D eigenvalue weighted by molar-refractivity contribution is -0.205. The summed E-state index contributed by atoms with van der Waals surface area (Å²) in [6.07, 6.45) is -5.32. The molecule has 3 N–H and O–H groups in total. The summed E-state index contributed by atoms with van der Waals surface area (Å²) in [7, 11) is 1.44.